The van der Waals surface area contributed by atoms with Crippen LogP contribution in [0, 0.1) is 6.92 Å². The van der Waals surface area contributed by atoms with Crippen molar-refractivity contribution in [2.45, 2.75) is 13.3 Å². The molecule has 0 atom stereocenters. The minimum absolute atomic E-state index is 0.375. The molecule has 126 valence electrons. The predicted octanol–water partition coefficient (Wildman–Crippen LogP) is 2.50. The molecule has 0 amide bonds. The number of rotatable bonds is 3. The number of thiazole rings is 1. The molecule has 0 spiro atoms. The van der Waals surface area contributed by atoms with Crippen LogP contribution in [-0.2, 0) is 4.84 Å². The van der Waals surface area contributed by atoms with Crippen LogP contribution in [0.1, 0.15) is 17.8 Å². The average Bonchev–Trinajstić information content (AvgIpc) is 3.04. The molecule has 0 N–H and O–H groups in total. The van der Waals surface area contributed by atoms with Crippen molar-refractivity contribution in [3.8, 4) is 27.2 Å². The number of ether oxygens (including phenoxy) is 1. The van der Waals surface area contributed by atoms with Gasteiger partial charge in [0.15, 0.2) is 11.5 Å². The van der Waals surface area contributed by atoms with E-state index in [1.54, 1.807) is 12.4 Å². The Morgan fingerprint density at radius 1 is 1.28 bits per heavy atom. The zero-order valence-corrected chi connectivity index (χ0v) is 14.4. The lowest BCUT2D eigenvalue weighted by atomic mass is 10.2. The van der Waals surface area contributed by atoms with Crippen LogP contribution >= 0.6 is 11.3 Å². The molecule has 0 aromatic carbocycles. The molecule has 0 bridgehead atoms. The second-order valence-corrected chi connectivity index (χ2v) is 6.28. The van der Waals surface area contributed by atoms with Crippen LogP contribution in [0.2, 0.25) is 0 Å². The van der Waals surface area contributed by atoms with Crippen molar-refractivity contribution in [1.29, 1.82) is 0 Å². The van der Waals surface area contributed by atoms with E-state index in [4.69, 9.17) is 9.57 Å². The molecule has 25 heavy (non-hydrogen) atoms. The predicted molar refractivity (Wildman–Crippen MR) is 92.6 cm³/mol. The van der Waals surface area contributed by atoms with Crippen LogP contribution in [0.4, 0.5) is 0 Å². The highest BCUT2D eigenvalue weighted by molar-refractivity contribution is 7.18. The number of hydrogen-bond donors (Lipinski definition) is 0. The summed E-state index contributed by atoms with van der Waals surface area (Å²) in [7, 11) is 1.51. The molecule has 3 aromatic rings. The first kappa shape index (κ1) is 15.6. The van der Waals surface area contributed by atoms with Crippen molar-refractivity contribution >= 4 is 17.0 Å². The van der Waals surface area contributed by atoms with Gasteiger partial charge in [-0.2, -0.15) is 0 Å². The van der Waals surface area contributed by atoms with Crippen LogP contribution in [-0.4, -0.2) is 44.6 Å². The van der Waals surface area contributed by atoms with Gasteiger partial charge in [0.2, 0.25) is 0 Å². The second-order valence-electron chi connectivity index (χ2n) is 5.28. The van der Waals surface area contributed by atoms with Crippen LogP contribution in [0.25, 0.3) is 21.3 Å². The zero-order chi connectivity index (χ0) is 17.2. The molecule has 0 saturated heterocycles. The maximum absolute atomic E-state index is 5.50. The van der Waals surface area contributed by atoms with Crippen molar-refractivity contribution in [2.24, 2.45) is 5.16 Å². The van der Waals surface area contributed by atoms with Gasteiger partial charge in [0.25, 0.3) is 5.88 Å². The highest BCUT2D eigenvalue weighted by Crippen LogP contribution is 2.34. The van der Waals surface area contributed by atoms with E-state index in [1.165, 1.54) is 18.4 Å². The van der Waals surface area contributed by atoms with E-state index < -0.39 is 0 Å². The molecule has 0 saturated carbocycles. The van der Waals surface area contributed by atoms with Crippen molar-refractivity contribution in [2.75, 3.05) is 13.7 Å². The maximum Gasteiger partial charge on any atom is 0.261 e. The topological polar surface area (TPSA) is 95.3 Å². The Labute approximate surface area is 147 Å². The smallest absolute Gasteiger partial charge is 0.261 e. The van der Waals surface area contributed by atoms with E-state index in [-0.39, 0.29) is 0 Å². The van der Waals surface area contributed by atoms with Crippen molar-refractivity contribution in [3.05, 3.63) is 35.9 Å². The zero-order valence-electron chi connectivity index (χ0n) is 13.6. The van der Waals surface area contributed by atoms with Gasteiger partial charge in [0, 0.05) is 24.4 Å². The molecule has 1 aliphatic heterocycles. The van der Waals surface area contributed by atoms with E-state index >= 15 is 0 Å². The largest absolute Gasteiger partial charge is 0.475 e. The number of aromatic nitrogens is 5. The Morgan fingerprint density at radius 2 is 2.20 bits per heavy atom. The van der Waals surface area contributed by atoms with Gasteiger partial charge in [0.1, 0.15) is 17.8 Å². The molecular weight excluding hydrogens is 340 g/mol. The van der Waals surface area contributed by atoms with Gasteiger partial charge in [-0.15, -0.1) is 21.5 Å². The first-order valence-electron chi connectivity index (χ1n) is 7.62. The van der Waals surface area contributed by atoms with Crippen molar-refractivity contribution in [3.63, 3.8) is 0 Å². The van der Waals surface area contributed by atoms with Crippen molar-refractivity contribution < 1.29 is 9.57 Å². The standard InChI is InChI=1S/C16H14N6O2S/c1-9-13(25-16(18-9)10-4-3-6-17-8-10)14-19-12-11(22-23-2)5-7-24-15(12)21-20-14/h3-4,6,8H,5,7H2,1-2H3/b22-11+. The van der Waals surface area contributed by atoms with Crippen LogP contribution in [0.15, 0.2) is 29.7 Å². The summed E-state index contributed by atoms with van der Waals surface area (Å²) in [6.45, 7) is 2.41. The summed E-state index contributed by atoms with van der Waals surface area (Å²) in [5, 5.41) is 13.2. The average molecular weight is 354 g/mol. The molecule has 0 unspecified atom stereocenters. The number of aryl methyl sites for hydroxylation is 1. The quantitative estimate of drug-likeness (QED) is 0.667. The summed E-state index contributed by atoms with van der Waals surface area (Å²) < 4.78 is 5.50. The van der Waals surface area contributed by atoms with Gasteiger partial charge in [0.05, 0.1) is 17.2 Å². The van der Waals surface area contributed by atoms with Crippen LogP contribution in [0.3, 0.4) is 0 Å². The maximum atomic E-state index is 5.50. The highest BCUT2D eigenvalue weighted by atomic mass is 32.1. The van der Waals surface area contributed by atoms with Gasteiger partial charge in [-0.1, -0.05) is 5.16 Å². The van der Waals surface area contributed by atoms with Gasteiger partial charge >= 0.3 is 0 Å². The Kier molecular flexibility index (Phi) is 4.06. The minimum Gasteiger partial charge on any atom is -0.475 e. The van der Waals surface area contributed by atoms with Crippen molar-refractivity contribution in [1.82, 2.24) is 25.1 Å². The molecule has 9 heteroatoms. The number of hydrogen-bond acceptors (Lipinski definition) is 9. The summed E-state index contributed by atoms with van der Waals surface area (Å²) in [5.41, 5.74) is 3.06. The lowest BCUT2D eigenvalue weighted by Crippen LogP contribution is -2.20. The lowest BCUT2D eigenvalue weighted by Gasteiger charge is -2.15. The summed E-state index contributed by atoms with van der Waals surface area (Å²) in [4.78, 5) is 19.1. The highest BCUT2D eigenvalue weighted by Gasteiger charge is 2.24. The third-order valence-electron chi connectivity index (χ3n) is 3.62. The van der Waals surface area contributed by atoms with E-state index in [1.807, 2.05) is 19.1 Å². The van der Waals surface area contributed by atoms with Crippen LogP contribution < -0.4 is 4.74 Å². The monoisotopic (exact) mass is 354 g/mol. The Morgan fingerprint density at radius 3 is 3.00 bits per heavy atom. The molecule has 4 heterocycles. The third kappa shape index (κ3) is 2.93. The van der Waals surface area contributed by atoms with Gasteiger partial charge < -0.3 is 9.57 Å². The first-order valence-corrected chi connectivity index (χ1v) is 8.44. The second kappa shape index (κ2) is 6.52. The summed E-state index contributed by atoms with van der Waals surface area (Å²) in [6.07, 6.45) is 4.13. The fourth-order valence-electron chi connectivity index (χ4n) is 2.48. The Hall–Kier alpha value is -2.94. The number of oxime groups is 1. The molecule has 4 rings (SSSR count). The fourth-order valence-corrected chi connectivity index (χ4v) is 3.46. The lowest BCUT2D eigenvalue weighted by molar-refractivity contribution is 0.209. The summed E-state index contributed by atoms with van der Waals surface area (Å²) in [5.74, 6) is 0.874. The van der Waals surface area contributed by atoms with E-state index in [9.17, 15) is 0 Å². The first-order chi connectivity index (χ1) is 12.3. The van der Waals surface area contributed by atoms with Gasteiger partial charge in [-0.25, -0.2) is 9.97 Å². The fraction of sp³-hybridized carbons (Fsp3) is 0.250. The molecule has 1 aliphatic rings. The molecule has 0 fully saturated rings. The van der Waals surface area contributed by atoms with E-state index in [0.29, 0.717) is 36.1 Å². The minimum atomic E-state index is 0.375. The SMILES string of the molecule is CO/N=C1\CCOc2nnc(-c3sc(-c4cccnc4)nc3C)nc21. The van der Waals surface area contributed by atoms with Crippen LogP contribution in [0.5, 0.6) is 5.88 Å². The molecule has 0 radical (unpaired) electrons. The normalized spacial score (nSPS) is 14.9. The number of fused-ring (bicyclic) bond motifs is 1. The van der Waals surface area contributed by atoms with E-state index in [0.717, 1.165) is 21.1 Å². The molecule has 3 aromatic heterocycles. The molecule has 8 nitrogen and oxygen atoms in total. The van der Waals surface area contributed by atoms with Gasteiger partial charge in [-0.05, 0) is 19.1 Å². The molecule has 0 aliphatic carbocycles. The number of pyridine rings is 1. The Balaban J connectivity index is 1.77. The molecular formula is C16H14N6O2S. The third-order valence-corrected chi connectivity index (χ3v) is 4.82. The van der Waals surface area contributed by atoms with E-state index in [2.05, 4.69) is 30.3 Å². The van der Waals surface area contributed by atoms with Gasteiger partial charge in [-0.3, -0.25) is 4.98 Å². The number of nitrogens with zero attached hydrogens (tertiary/aromatic N) is 6. The summed E-state index contributed by atoms with van der Waals surface area (Å²) in [6, 6.07) is 3.85. The summed E-state index contributed by atoms with van der Waals surface area (Å²) >= 11 is 1.50. The Bertz CT molecular complexity index is 941.